The van der Waals surface area contributed by atoms with Crippen LogP contribution in [0.15, 0.2) is 59.5 Å². The largest absolute Gasteiger partial charge is 0.595 e. The maximum atomic E-state index is 12.1. The quantitative estimate of drug-likeness (QED) is 0.384. The molecule has 0 aliphatic heterocycles. The third-order valence-electron chi connectivity index (χ3n) is 3.73. The summed E-state index contributed by atoms with van der Waals surface area (Å²) in [6.07, 6.45) is 2.81. The van der Waals surface area contributed by atoms with Gasteiger partial charge in [0, 0.05) is 29.6 Å². The molecule has 3 aromatic rings. The molecule has 0 spiro atoms. The molecular formula is C18H16N4O6. The van der Waals surface area contributed by atoms with Crippen molar-refractivity contribution in [3.05, 3.63) is 60.3 Å². The van der Waals surface area contributed by atoms with Gasteiger partial charge in [-0.2, -0.15) is 5.23 Å². The summed E-state index contributed by atoms with van der Waals surface area (Å²) in [7, 11) is 1.46. The number of hydrogen-bond donors (Lipinski definition) is 4. The minimum Gasteiger partial charge on any atom is -0.595 e. The Hall–Kier alpha value is -3.73. The summed E-state index contributed by atoms with van der Waals surface area (Å²) in [4.78, 5) is 28.1. The van der Waals surface area contributed by atoms with E-state index in [2.05, 4.69) is 15.6 Å². The number of nitrogens with zero attached hydrogens (tertiary/aromatic N) is 1. The maximum Gasteiger partial charge on any atom is 0.314 e. The predicted molar refractivity (Wildman–Crippen MR) is 98.0 cm³/mol. The molecule has 0 saturated heterocycles. The van der Waals surface area contributed by atoms with Gasteiger partial charge in [-0.25, -0.2) is 10.2 Å². The van der Waals surface area contributed by atoms with Crippen molar-refractivity contribution in [1.29, 1.82) is 0 Å². The van der Waals surface area contributed by atoms with Gasteiger partial charge >= 0.3 is 11.8 Å². The molecule has 1 aromatic heterocycles. The molecule has 28 heavy (non-hydrogen) atoms. The number of aromatic nitrogens is 1. The van der Waals surface area contributed by atoms with Crippen molar-refractivity contribution in [2.75, 3.05) is 17.7 Å². The number of carbonyl (C=O) groups is 2. The van der Waals surface area contributed by atoms with Gasteiger partial charge in [0.25, 0.3) is 0 Å². The van der Waals surface area contributed by atoms with Crippen LogP contribution in [0.25, 0.3) is 11.3 Å². The summed E-state index contributed by atoms with van der Waals surface area (Å²) in [6, 6.07) is 10.3. The van der Waals surface area contributed by atoms with E-state index < -0.39 is 17.0 Å². The van der Waals surface area contributed by atoms with Crippen molar-refractivity contribution >= 4 is 28.9 Å². The Kier molecular flexibility index (Phi) is 5.65. The van der Waals surface area contributed by atoms with Gasteiger partial charge in [0.15, 0.2) is 17.8 Å². The zero-order valence-corrected chi connectivity index (χ0v) is 14.6. The van der Waals surface area contributed by atoms with Crippen LogP contribution in [-0.2, 0) is 9.59 Å². The third kappa shape index (κ3) is 4.32. The molecule has 4 N–H and O–H groups in total. The number of carbonyl (C=O) groups excluding carboxylic acids is 2. The number of nitrogens with one attached hydrogen (secondary N) is 3. The third-order valence-corrected chi connectivity index (χ3v) is 3.73. The van der Waals surface area contributed by atoms with E-state index in [-0.39, 0.29) is 11.4 Å². The van der Waals surface area contributed by atoms with Crippen molar-refractivity contribution in [3.8, 4) is 17.1 Å². The molecule has 3 rings (SSSR count). The van der Waals surface area contributed by atoms with Gasteiger partial charge in [-0.05, 0) is 18.2 Å². The van der Waals surface area contributed by atoms with Crippen LogP contribution in [-0.4, -0.2) is 29.1 Å². The summed E-state index contributed by atoms with van der Waals surface area (Å²) in [5.74, 6) is -0.953. The van der Waals surface area contributed by atoms with Crippen molar-refractivity contribution < 1.29 is 29.2 Å². The second kappa shape index (κ2) is 8.31. The minimum atomic E-state index is -1.14. The summed E-state index contributed by atoms with van der Waals surface area (Å²) >= 11 is 0. The van der Waals surface area contributed by atoms with E-state index in [0.717, 1.165) is 0 Å². The lowest BCUT2D eigenvalue weighted by atomic mass is 10.1. The predicted octanol–water partition coefficient (Wildman–Crippen LogP) is 1.33. The van der Waals surface area contributed by atoms with Gasteiger partial charge in [0.2, 0.25) is 0 Å². The average Bonchev–Trinajstić information content (AvgIpc) is 3.22. The monoisotopic (exact) mass is 384 g/mol. The molecular weight excluding hydrogens is 368 g/mol. The fraction of sp³-hybridized carbons (Fsp3) is 0.0556. The summed E-state index contributed by atoms with van der Waals surface area (Å²) < 4.78 is 10.5. The summed E-state index contributed by atoms with van der Waals surface area (Å²) in [5.41, 5.74) is 1.15. The molecule has 2 amide bonds. The Morgan fingerprint density at radius 2 is 1.86 bits per heavy atom. The van der Waals surface area contributed by atoms with E-state index in [1.54, 1.807) is 12.1 Å². The van der Waals surface area contributed by atoms with Gasteiger partial charge in [0.05, 0.1) is 18.9 Å². The molecule has 1 heterocycles. The van der Waals surface area contributed by atoms with Crippen LogP contribution in [0, 0.1) is 5.21 Å². The topological polar surface area (TPSA) is 141 Å². The summed E-state index contributed by atoms with van der Waals surface area (Å²) in [6.45, 7) is 0. The lowest BCUT2D eigenvalue weighted by molar-refractivity contribution is -0.991. The number of hydrogen-bond acceptors (Lipinski definition) is 7. The van der Waals surface area contributed by atoms with Crippen molar-refractivity contribution in [1.82, 2.24) is 4.98 Å². The molecule has 2 aromatic carbocycles. The van der Waals surface area contributed by atoms with E-state index in [1.807, 2.05) is 0 Å². The Balaban J connectivity index is 1.70. The fourth-order valence-electron chi connectivity index (χ4n) is 2.43. The number of rotatable bonds is 5. The van der Waals surface area contributed by atoms with Gasteiger partial charge in [-0.15, -0.1) is 0 Å². The first-order chi connectivity index (χ1) is 13.5. The van der Waals surface area contributed by atoms with Crippen LogP contribution in [0.1, 0.15) is 0 Å². The van der Waals surface area contributed by atoms with E-state index in [1.165, 1.54) is 50.0 Å². The lowest BCUT2D eigenvalue weighted by Gasteiger charge is -2.13. The van der Waals surface area contributed by atoms with Crippen LogP contribution < -0.4 is 20.6 Å². The van der Waals surface area contributed by atoms with Crippen LogP contribution in [0.5, 0.6) is 5.75 Å². The highest BCUT2D eigenvalue weighted by atomic mass is 16.8. The standard InChI is InChI=1S/C18H16N4O6/c1-27-15-8-12(5-6-14(15)16-9-19-10-28-16)21-18(24)17(23)20-11-3-2-4-13(7-11)22(25)26/h2-10,22,25H,1H3,(H,20,23)(H,21,24). The molecule has 1 atom stereocenters. The first-order valence-electron chi connectivity index (χ1n) is 8.00. The van der Waals surface area contributed by atoms with Gasteiger partial charge < -0.3 is 25.0 Å². The van der Waals surface area contributed by atoms with Gasteiger partial charge in [0.1, 0.15) is 5.75 Å². The molecule has 0 aliphatic carbocycles. The molecule has 0 radical (unpaired) electrons. The van der Waals surface area contributed by atoms with E-state index >= 15 is 0 Å². The van der Waals surface area contributed by atoms with Crippen LogP contribution in [0.2, 0.25) is 0 Å². The second-order valence-electron chi connectivity index (χ2n) is 5.57. The number of amides is 2. The summed E-state index contributed by atoms with van der Waals surface area (Å²) in [5, 5.41) is 23.6. The number of methoxy groups -OCH3 is 1. The molecule has 1 unspecified atom stereocenters. The van der Waals surface area contributed by atoms with E-state index in [4.69, 9.17) is 14.4 Å². The van der Waals surface area contributed by atoms with Gasteiger partial charge in [-0.3, -0.25) is 9.59 Å². The number of oxazole rings is 1. The highest BCUT2D eigenvalue weighted by Crippen LogP contribution is 2.32. The highest BCUT2D eigenvalue weighted by molar-refractivity contribution is 6.43. The SMILES string of the molecule is COc1cc(NC(=O)C(=O)Nc2cccc([NH+]([O-])O)c2)ccc1-c1cnco1. The number of anilines is 2. The zero-order chi connectivity index (χ0) is 20.1. The molecule has 0 saturated carbocycles. The molecule has 10 nitrogen and oxygen atoms in total. The van der Waals surface area contributed by atoms with Crippen molar-refractivity contribution in [2.24, 2.45) is 0 Å². The van der Waals surface area contributed by atoms with Crippen LogP contribution in [0.3, 0.4) is 0 Å². The molecule has 144 valence electrons. The first-order valence-corrected chi connectivity index (χ1v) is 8.00. The second-order valence-corrected chi connectivity index (χ2v) is 5.57. The fourth-order valence-corrected chi connectivity index (χ4v) is 2.43. The zero-order valence-electron chi connectivity index (χ0n) is 14.6. The Bertz CT molecular complexity index is 988. The van der Waals surface area contributed by atoms with Crippen molar-refractivity contribution in [3.63, 3.8) is 0 Å². The maximum absolute atomic E-state index is 12.1. The Labute approximate surface area is 158 Å². The molecule has 0 bridgehead atoms. The molecule has 0 aliphatic rings. The smallest absolute Gasteiger partial charge is 0.314 e. The first kappa shape index (κ1) is 19.0. The van der Waals surface area contributed by atoms with E-state index in [0.29, 0.717) is 22.8 Å². The van der Waals surface area contributed by atoms with E-state index in [9.17, 15) is 14.8 Å². The number of benzene rings is 2. The normalized spacial score (nSPS) is 11.5. The van der Waals surface area contributed by atoms with Gasteiger partial charge in [-0.1, -0.05) is 6.07 Å². The number of ether oxygens (including phenoxy) is 1. The Morgan fingerprint density at radius 3 is 2.46 bits per heavy atom. The average molecular weight is 384 g/mol. The van der Waals surface area contributed by atoms with Crippen molar-refractivity contribution in [2.45, 2.75) is 0 Å². The lowest BCUT2D eigenvalue weighted by Crippen LogP contribution is -2.99. The highest BCUT2D eigenvalue weighted by Gasteiger charge is 2.17. The molecule has 10 heteroatoms. The number of quaternary nitrogens is 1. The Morgan fingerprint density at radius 1 is 1.14 bits per heavy atom. The minimum absolute atomic E-state index is 0.00838. The molecule has 0 fully saturated rings. The van der Waals surface area contributed by atoms with Crippen LogP contribution in [0.4, 0.5) is 17.1 Å². The van der Waals surface area contributed by atoms with Crippen LogP contribution >= 0.6 is 0 Å².